The predicted octanol–water partition coefficient (Wildman–Crippen LogP) is 6.67. The van der Waals surface area contributed by atoms with Gasteiger partial charge in [-0.15, -0.1) is 11.3 Å². The number of hydrogen-bond acceptors (Lipinski definition) is 1. The van der Waals surface area contributed by atoms with E-state index in [0.29, 0.717) is 0 Å². The van der Waals surface area contributed by atoms with Crippen molar-refractivity contribution in [1.82, 2.24) is 0 Å². The van der Waals surface area contributed by atoms with Gasteiger partial charge in [0.2, 0.25) is 0 Å². The topological polar surface area (TPSA) is 0 Å². The highest BCUT2D eigenvalue weighted by atomic mass is 32.1. The summed E-state index contributed by atoms with van der Waals surface area (Å²) in [5, 5.41) is 11.8. The summed E-state index contributed by atoms with van der Waals surface area (Å²) < 4.78 is 1.40. The minimum absolute atomic E-state index is 1.32. The maximum atomic E-state index is 2.29. The minimum Gasteiger partial charge on any atom is -0.143 e. The Balaban J connectivity index is 2.27. The molecule has 0 aliphatic rings. The Morgan fingerprint density at radius 3 is 2.45 bits per heavy atom. The Morgan fingerprint density at radius 2 is 1.50 bits per heavy atom. The average Bonchev–Trinajstić information content (AvgIpc) is 3.04. The maximum absolute atomic E-state index is 2.29. The highest BCUT2D eigenvalue weighted by Crippen LogP contribution is 2.41. The molecule has 22 heavy (non-hydrogen) atoms. The van der Waals surface area contributed by atoms with Gasteiger partial charge in [-0.3, -0.25) is 0 Å². The molecule has 5 aromatic rings. The van der Waals surface area contributed by atoms with Gasteiger partial charge in [-0.25, -0.2) is 0 Å². The van der Waals surface area contributed by atoms with Crippen molar-refractivity contribution < 1.29 is 0 Å². The standard InChI is InChI=1S/C21H14S/c1-13-5-4-8-16-17-11-12-22-21(17)18-10-9-14-6-2-3-7-15(14)20(18)19(13)16/h2-12H,1H3. The van der Waals surface area contributed by atoms with E-state index in [1.807, 2.05) is 11.3 Å². The summed E-state index contributed by atoms with van der Waals surface area (Å²) in [6, 6.07) is 22.2. The first kappa shape index (κ1) is 12.2. The highest BCUT2D eigenvalue weighted by Gasteiger charge is 2.13. The molecule has 0 saturated carbocycles. The molecule has 0 aliphatic heterocycles. The summed E-state index contributed by atoms with van der Waals surface area (Å²) >= 11 is 1.85. The normalized spacial score (nSPS) is 11.9. The molecule has 0 radical (unpaired) electrons. The summed E-state index contributed by atoms with van der Waals surface area (Å²) in [6.07, 6.45) is 0. The summed E-state index contributed by atoms with van der Waals surface area (Å²) in [5.41, 5.74) is 1.35. The van der Waals surface area contributed by atoms with E-state index in [1.54, 1.807) is 0 Å². The smallest absolute Gasteiger partial charge is 0.0427 e. The van der Waals surface area contributed by atoms with Crippen LogP contribution in [-0.2, 0) is 0 Å². The van der Waals surface area contributed by atoms with E-state index in [9.17, 15) is 0 Å². The van der Waals surface area contributed by atoms with E-state index < -0.39 is 0 Å². The van der Waals surface area contributed by atoms with Crippen molar-refractivity contribution in [2.24, 2.45) is 0 Å². The number of aryl methyl sites for hydroxylation is 1. The van der Waals surface area contributed by atoms with Gasteiger partial charge in [0, 0.05) is 15.5 Å². The summed E-state index contributed by atoms with van der Waals surface area (Å²) in [7, 11) is 0. The zero-order chi connectivity index (χ0) is 14.7. The van der Waals surface area contributed by atoms with Crippen LogP contribution in [0.25, 0.3) is 42.4 Å². The molecular formula is C21H14S. The van der Waals surface area contributed by atoms with Crippen LogP contribution in [0.1, 0.15) is 5.56 Å². The molecule has 1 aromatic heterocycles. The van der Waals surface area contributed by atoms with Crippen molar-refractivity contribution >= 4 is 53.7 Å². The highest BCUT2D eigenvalue weighted by molar-refractivity contribution is 7.18. The van der Waals surface area contributed by atoms with Crippen LogP contribution in [0.15, 0.2) is 66.0 Å². The molecule has 0 saturated heterocycles. The van der Waals surface area contributed by atoms with Gasteiger partial charge in [0.1, 0.15) is 0 Å². The van der Waals surface area contributed by atoms with Crippen LogP contribution in [0.4, 0.5) is 0 Å². The van der Waals surface area contributed by atoms with Crippen LogP contribution in [-0.4, -0.2) is 0 Å². The maximum Gasteiger partial charge on any atom is 0.0427 e. The Labute approximate surface area is 132 Å². The molecule has 0 bridgehead atoms. The first-order chi connectivity index (χ1) is 10.8. The van der Waals surface area contributed by atoms with E-state index in [0.717, 1.165) is 0 Å². The second-order valence-corrected chi connectivity index (χ2v) is 6.79. The molecule has 0 spiro atoms. The second kappa shape index (κ2) is 4.31. The lowest BCUT2D eigenvalue weighted by molar-refractivity contribution is 1.55. The Kier molecular flexibility index (Phi) is 2.39. The Bertz CT molecular complexity index is 1180. The number of fused-ring (bicyclic) bond motifs is 8. The molecule has 5 rings (SSSR count). The molecule has 0 nitrogen and oxygen atoms in total. The molecule has 1 heterocycles. The van der Waals surface area contributed by atoms with E-state index >= 15 is 0 Å². The van der Waals surface area contributed by atoms with Crippen LogP contribution in [0.2, 0.25) is 0 Å². The van der Waals surface area contributed by atoms with Crippen LogP contribution < -0.4 is 0 Å². The fraction of sp³-hybridized carbons (Fsp3) is 0.0476. The molecule has 0 amide bonds. The molecule has 1 heteroatoms. The van der Waals surface area contributed by atoms with Gasteiger partial charge in [0.15, 0.2) is 0 Å². The summed E-state index contributed by atoms with van der Waals surface area (Å²) in [5.74, 6) is 0. The van der Waals surface area contributed by atoms with Gasteiger partial charge in [-0.1, -0.05) is 54.6 Å². The van der Waals surface area contributed by atoms with Crippen molar-refractivity contribution in [3.05, 3.63) is 71.6 Å². The lowest BCUT2D eigenvalue weighted by Gasteiger charge is -2.12. The number of thiophene rings is 1. The van der Waals surface area contributed by atoms with Gasteiger partial charge in [0.05, 0.1) is 0 Å². The Hall–Kier alpha value is -2.38. The van der Waals surface area contributed by atoms with Crippen molar-refractivity contribution in [3.63, 3.8) is 0 Å². The Morgan fingerprint density at radius 1 is 0.636 bits per heavy atom. The predicted molar refractivity (Wildman–Crippen MR) is 99.1 cm³/mol. The molecule has 104 valence electrons. The largest absolute Gasteiger partial charge is 0.143 e. The van der Waals surface area contributed by atoms with Crippen molar-refractivity contribution in [2.75, 3.05) is 0 Å². The van der Waals surface area contributed by atoms with E-state index in [-0.39, 0.29) is 0 Å². The molecule has 0 fully saturated rings. The van der Waals surface area contributed by atoms with Crippen molar-refractivity contribution in [2.45, 2.75) is 6.92 Å². The third-order valence-electron chi connectivity index (χ3n) is 4.65. The van der Waals surface area contributed by atoms with E-state index in [1.165, 1.54) is 48.0 Å². The van der Waals surface area contributed by atoms with E-state index in [2.05, 4.69) is 73.0 Å². The fourth-order valence-electron chi connectivity index (χ4n) is 3.68. The number of hydrogen-bond donors (Lipinski definition) is 0. The average molecular weight is 298 g/mol. The fourth-order valence-corrected chi connectivity index (χ4v) is 4.63. The zero-order valence-electron chi connectivity index (χ0n) is 12.3. The van der Waals surface area contributed by atoms with Crippen molar-refractivity contribution in [3.8, 4) is 0 Å². The van der Waals surface area contributed by atoms with Crippen LogP contribution in [0.5, 0.6) is 0 Å². The monoisotopic (exact) mass is 298 g/mol. The lowest BCUT2D eigenvalue weighted by Crippen LogP contribution is -1.85. The third kappa shape index (κ3) is 1.47. The first-order valence-electron chi connectivity index (χ1n) is 7.54. The lowest BCUT2D eigenvalue weighted by atomic mass is 9.92. The zero-order valence-corrected chi connectivity index (χ0v) is 13.1. The van der Waals surface area contributed by atoms with Gasteiger partial charge in [-0.2, -0.15) is 0 Å². The number of rotatable bonds is 0. The van der Waals surface area contributed by atoms with Crippen LogP contribution in [0, 0.1) is 6.92 Å². The molecule has 0 aliphatic carbocycles. The second-order valence-electron chi connectivity index (χ2n) is 5.87. The quantitative estimate of drug-likeness (QED) is 0.280. The van der Waals surface area contributed by atoms with E-state index in [4.69, 9.17) is 0 Å². The SMILES string of the molecule is Cc1cccc2c3ccsc3c3ccc4ccccc4c3c12. The van der Waals surface area contributed by atoms with Crippen LogP contribution >= 0.6 is 11.3 Å². The summed E-state index contributed by atoms with van der Waals surface area (Å²) in [6.45, 7) is 2.22. The van der Waals surface area contributed by atoms with Gasteiger partial charge >= 0.3 is 0 Å². The molecule has 0 atom stereocenters. The van der Waals surface area contributed by atoms with Gasteiger partial charge in [-0.05, 0) is 50.9 Å². The van der Waals surface area contributed by atoms with Gasteiger partial charge < -0.3 is 0 Å². The molecule has 4 aromatic carbocycles. The molecule has 0 unspecified atom stereocenters. The first-order valence-corrected chi connectivity index (χ1v) is 8.42. The van der Waals surface area contributed by atoms with Crippen molar-refractivity contribution in [1.29, 1.82) is 0 Å². The minimum atomic E-state index is 1.32. The van der Waals surface area contributed by atoms with Gasteiger partial charge in [0.25, 0.3) is 0 Å². The molecule has 0 N–H and O–H groups in total. The third-order valence-corrected chi connectivity index (χ3v) is 5.60. The molecular weight excluding hydrogens is 284 g/mol. The van der Waals surface area contributed by atoms with Crippen LogP contribution in [0.3, 0.4) is 0 Å². The summed E-state index contributed by atoms with van der Waals surface area (Å²) in [4.78, 5) is 0. The number of benzene rings is 4.